The Balaban J connectivity index is 1.42. The highest BCUT2D eigenvalue weighted by Gasteiger charge is 2.18. The van der Waals surface area contributed by atoms with Crippen LogP contribution in [-0.2, 0) is 0 Å². The van der Waals surface area contributed by atoms with E-state index < -0.39 is 0 Å². The summed E-state index contributed by atoms with van der Waals surface area (Å²) in [6.07, 6.45) is 0. The second-order valence-corrected chi connectivity index (χ2v) is 10.7. The van der Waals surface area contributed by atoms with E-state index in [2.05, 4.69) is 123 Å². The molecule has 9 rings (SSSR count). The molecule has 0 atom stereocenters. The van der Waals surface area contributed by atoms with Crippen LogP contribution in [0.25, 0.3) is 72.2 Å². The number of fused-ring (bicyclic) bond motifs is 10. The molecule has 0 spiro atoms. The third-order valence-electron chi connectivity index (χ3n) is 8.26. The molecule has 0 aliphatic carbocycles. The Morgan fingerprint density at radius 1 is 0.488 bits per heavy atom. The first-order chi connectivity index (χ1) is 21.3. The molecule has 0 saturated heterocycles. The van der Waals surface area contributed by atoms with E-state index >= 15 is 0 Å². The quantitative estimate of drug-likeness (QED) is 0.217. The summed E-state index contributed by atoms with van der Waals surface area (Å²) in [7, 11) is 0. The van der Waals surface area contributed by atoms with E-state index in [0.29, 0.717) is 5.56 Å². The van der Waals surface area contributed by atoms with E-state index in [0.717, 1.165) is 72.2 Å². The molecule has 0 amide bonds. The van der Waals surface area contributed by atoms with E-state index in [1.807, 2.05) is 30.3 Å². The van der Waals surface area contributed by atoms with Gasteiger partial charge in [-0.15, -0.1) is 0 Å². The molecule has 6 heteroatoms. The van der Waals surface area contributed by atoms with Gasteiger partial charge in [-0.2, -0.15) is 5.26 Å². The van der Waals surface area contributed by atoms with E-state index in [4.69, 9.17) is 9.97 Å². The van der Waals surface area contributed by atoms with E-state index in [-0.39, 0.29) is 0 Å². The lowest BCUT2D eigenvalue weighted by atomic mass is 10.00. The fraction of sp³-hybridized carbons (Fsp3) is 0. The van der Waals surface area contributed by atoms with Gasteiger partial charge in [0.15, 0.2) is 0 Å². The molecular weight excluding hydrogens is 528 g/mol. The standard InChI is InChI=1S/C37H22N6/c38-23-24-16-17-27-21-28(19-18-26(27)20-24)25-8-7-9-29(22-25)41-36-39-30-10-1-3-12-32(30)42(36)34-14-5-6-15-35(34)43-33-13-4-2-11-31(33)40-37(41)43/h1-22H. The Labute approximate surface area is 245 Å². The molecule has 0 aliphatic heterocycles. The summed E-state index contributed by atoms with van der Waals surface area (Å²) in [5.41, 5.74) is 9.79. The van der Waals surface area contributed by atoms with Gasteiger partial charge in [0, 0.05) is 0 Å². The van der Waals surface area contributed by atoms with Crippen LogP contribution in [-0.4, -0.2) is 23.3 Å². The molecule has 0 radical (unpaired) electrons. The summed E-state index contributed by atoms with van der Waals surface area (Å²) >= 11 is 0. The van der Waals surface area contributed by atoms with Gasteiger partial charge in [0.2, 0.25) is 11.6 Å². The Hall–Kier alpha value is -6.19. The van der Waals surface area contributed by atoms with Crippen molar-refractivity contribution in [3.8, 4) is 22.9 Å². The number of hydrogen-bond donors (Lipinski definition) is 0. The minimum atomic E-state index is 0.662. The monoisotopic (exact) mass is 550 g/mol. The molecule has 43 heavy (non-hydrogen) atoms. The van der Waals surface area contributed by atoms with Crippen LogP contribution in [0.2, 0.25) is 0 Å². The predicted molar refractivity (Wildman–Crippen MR) is 172 cm³/mol. The summed E-state index contributed by atoms with van der Waals surface area (Å²) in [5.74, 6) is 1.56. The zero-order valence-electron chi connectivity index (χ0n) is 22.9. The third-order valence-corrected chi connectivity index (χ3v) is 8.26. The highest BCUT2D eigenvalue weighted by atomic mass is 15.3. The summed E-state index contributed by atoms with van der Waals surface area (Å²) in [6, 6.07) is 48.0. The summed E-state index contributed by atoms with van der Waals surface area (Å²) in [4.78, 5) is 10.4. The number of rotatable bonds is 2. The zero-order valence-corrected chi connectivity index (χ0v) is 22.9. The van der Waals surface area contributed by atoms with Crippen molar-refractivity contribution in [2.24, 2.45) is 0 Å². The minimum Gasteiger partial charge on any atom is -0.276 e. The van der Waals surface area contributed by atoms with Gasteiger partial charge in [-0.1, -0.05) is 66.7 Å². The van der Waals surface area contributed by atoms with Crippen LogP contribution in [0.1, 0.15) is 5.56 Å². The summed E-state index contributed by atoms with van der Waals surface area (Å²) < 4.78 is 6.65. The first-order valence-electron chi connectivity index (χ1n) is 14.2. The molecule has 3 aromatic heterocycles. The van der Waals surface area contributed by atoms with Gasteiger partial charge in [0.05, 0.1) is 50.4 Å². The van der Waals surface area contributed by atoms with Gasteiger partial charge in [-0.05, 0) is 88.6 Å². The van der Waals surface area contributed by atoms with Gasteiger partial charge in [0.25, 0.3) is 0 Å². The smallest absolute Gasteiger partial charge is 0.223 e. The lowest BCUT2D eigenvalue weighted by Gasteiger charge is -2.10. The van der Waals surface area contributed by atoms with Gasteiger partial charge < -0.3 is 0 Å². The van der Waals surface area contributed by atoms with E-state index in [9.17, 15) is 5.26 Å². The van der Waals surface area contributed by atoms with Crippen molar-refractivity contribution in [3.05, 3.63) is 139 Å². The number of nitriles is 1. The molecular formula is C37H22N6. The fourth-order valence-electron chi connectivity index (χ4n) is 6.28. The highest BCUT2D eigenvalue weighted by Crippen LogP contribution is 2.31. The number of benzene rings is 6. The first-order valence-corrected chi connectivity index (χ1v) is 14.2. The van der Waals surface area contributed by atoms with Crippen LogP contribution < -0.4 is 0 Å². The molecule has 0 aliphatic rings. The number of nitrogens with zero attached hydrogens (tertiary/aromatic N) is 6. The molecule has 6 nitrogen and oxygen atoms in total. The van der Waals surface area contributed by atoms with Crippen molar-refractivity contribution in [2.75, 3.05) is 0 Å². The topological polar surface area (TPSA) is 63.3 Å². The second kappa shape index (κ2) is 8.90. The number of imidazole rings is 2. The van der Waals surface area contributed by atoms with Crippen molar-refractivity contribution in [2.45, 2.75) is 0 Å². The van der Waals surface area contributed by atoms with Crippen LogP contribution in [0.15, 0.2) is 133 Å². The normalized spacial score (nSPS) is 11.7. The maximum Gasteiger partial charge on any atom is 0.223 e. The van der Waals surface area contributed by atoms with Crippen LogP contribution >= 0.6 is 0 Å². The van der Waals surface area contributed by atoms with Crippen LogP contribution in [0, 0.1) is 11.3 Å². The van der Waals surface area contributed by atoms with Crippen molar-refractivity contribution >= 4 is 55.4 Å². The Morgan fingerprint density at radius 2 is 1.05 bits per heavy atom. The largest absolute Gasteiger partial charge is 0.276 e. The minimum absolute atomic E-state index is 0.662. The summed E-state index contributed by atoms with van der Waals surface area (Å²) in [5, 5.41) is 11.5. The van der Waals surface area contributed by atoms with E-state index in [1.54, 1.807) is 0 Å². The average Bonchev–Trinajstić information content (AvgIpc) is 3.60. The van der Waals surface area contributed by atoms with Gasteiger partial charge in [0.1, 0.15) is 0 Å². The van der Waals surface area contributed by atoms with Crippen molar-refractivity contribution in [1.29, 1.82) is 5.26 Å². The Kier molecular flexibility index (Phi) is 4.87. The third kappa shape index (κ3) is 3.46. The van der Waals surface area contributed by atoms with Gasteiger partial charge >= 0.3 is 0 Å². The van der Waals surface area contributed by atoms with Crippen molar-refractivity contribution in [3.63, 3.8) is 0 Å². The predicted octanol–water partition coefficient (Wildman–Crippen LogP) is 8.49. The summed E-state index contributed by atoms with van der Waals surface area (Å²) in [6.45, 7) is 0. The van der Waals surface area contributed by atoms with E-state index in [1.165, 1.54) is 0 Å². The molecule has 6 aromatic carbocycles. The molecule has 200 valence electrons. The zero-order chi connectivity index (χ0) is 28.5. The molecule has 0 fully saturated rings. The van der Waals surface area contributed by atoms with Crippen LogP contribution in [0.3, 0.4) is 0 Å². The molecule has 0 bridgehead atoms. The number of para-hydroxylation sites is 6. The van der Waals surface area contributed by atoms with Crippen molar-refractivity contribution in [1.82, 2.24) is 23.3 Å². The van der Waals surface area contributed by atoms with Gasteiger partial charge in [-0.3, -0.25) is 8.80 Å². The molecule has 3 heterocycles. The van der Waals surface area contributed by atoms with Gasteiger partial charge in [-0.25, -0.2) is 14.5 Å². The average molecular weight is 551 g/mol. The Morgan fingerprint density at radius 3 is 1.70 bits per heavy atom. The number of hydrogen-bond acceptors (Lipinski definition) is 3. The molecule has 9 aromatic rings. The lowest BCUT2D eigenvalue weighted by molar-refractivity contribution is 1.03. The maximum absolute atomic E-state index is 9.33. The SMILES string of the molecule is N#Cc1ccc2cc(-c3cccc(-n4c5nc6ccccc6n5c5ccccc5n5c6ccccc6nc45)c3)ccc2c1. The second-order valence-electron chi connectivity index (χ2n) is 10.7. The molecule has 0 unspecified atom stereocenters. The lowest BCUT2D eigenvalue weighted by Crippen LogP contribution is -2.02. The first kappa shape index (κ1) is 23.5. The molecule has 0 N–H and O–H groups in total. The van der Waals surface area contributed by atoms with Crippen LogP contribution in [0.5, 0.6) is 0 Å². The maximum atomic E-state index is 9.33. The number of aromatic nitrogens is 5. The fourth-order valence-corrected chi connectivity index (χ4v) is 6.28. The molecule has 0 saturated carbocycles. The van der Waals surface area contributed by atoms with Crippen LogP contribution in [0.4, 0.5) is 0 Å². The highest BCUT2D eigenvalue weighted by molar-refractivity contribution is 5.93. The van der Waals surface area contributed by atoms with Crippen molar-refractivity contribution < 1.29 is 0 Å². The Bertz CT molecular complexity index is 2530.